The van der Waals surface area contributed by atoms with Gasteiger partial charge in [0, 0.05) is 57.5 Å². The van der Waals surface area contributed by atoms with Crippen molar-refractivity contribution in [2.24, 2.45) is 0 Å². The topological polar surface area (TPSA) is 41.7 Å². The number of nitrogens with zero attached hydrogens (tertiary/aromatic N) is 3. The van der Waals surface area contributed by atoms with E-state index in [1.54, 1.807) is 6.26 Å². The van der Waals surface area contributed by atoms with Crippen molar-refractivity contribution >= 4 is 5.69 Å². The Bertz CT molecular complexity index is 575. The molecular formula is C19H27N3O2. The molecule has 1 aromatic carbocycles. The Hall–Kier alpha value is -1.85. The molecule has 0 aliphatic carbocycles. The summed E-state index contributed by atoms with van der Waals surface area (Å²) in [6.07, 6.45) is 3.51. The number of piperazine rings is 1. The zero-order valence-electron chi connectivity index (χ0n) is 14.5. The molecule has 130 valence electrons. The number of aromatic nitrogens is 1. The third kappa shape index (κ3) is 5.08. The molecule has 0 unspecified atom stereocenters. The maximum atomic E-state index is 5.68. The summed E-state index contributed by atoms with van der Waals surface area (Å²) in [4.78, 5) is 5.01. The summed E-state index contributed by atoms with van der Waals surface area (Å²) in [6, 6.07) is 10.7. The molecule has 2 aromatic rings. The minimum atomic E-state index is 0.716. The van der Waals surface area contributed by atoms with Crippen molar-refractivity contribution in [1.29, 1.82) is 0 Å². The van der Waals surface area contributed by atoms with Gasteiger partial charge in [-0.2, -0.15) is 0 Å². The van der Waals surface area contributed by atoms with Crippen LogP contribution in [0.15, 0.2) is 41.1 Å². The lowest BCUT2D eigenvalue weighted by molar-refractivity contribution is 0.121. The minimum Gasteiger partial charge on any atom is -0.381 e. The number of rotatable bonds is 8. The normalized spacial score (nSPS) is 15.8. The lowest BCUT2D eigenvalue weighted by atomic mass is 10.2. The van der Waals surface area contributed by atoms with Crippen LogP contribution in [-0.4, -0.2) is 56.0 Å². The van der Waals surface area contributed by atoms with E-state index >= 15 is 0 Å². The molecular weight excluding hydrogens is 302 g/mol. The van der Waals surface area contributed by atoms with Gasteiger partial charge >= 0.3 is 0 Å². The molecule has 5 heteroatoms. The molecule has 3 rings (SSSR count). The van der Waals surface area contributed by atoms with E-state index in [1.165, 1.54) is 11.3 Å². The van der Waals surface area contributed by atoms with Crippen LogP contribution >= 0.6 is 0 Å². The Balaban J connectivity index is 1.26. The first-order valence-electron chi connectivity index (χ1n) is 8.82. The number of aryl methyl sites for hydroxylation is 1. The number of benzene rings is 1. The number of hydrogen-bond donors (Lipinski definition) is 0. The van der Waals surface area contributed by atoms with Gasteiger partial charge in [-0.1, -0.05) is 22.9 Å². The quantitative estimate of drug-likeness (QED) is 0.697. The molecule has 1 aliphatic heterocycles. The minimum absolute atomic E-state index is 0.716. The summed E-state index contributed by atoms with van der Waals surface area (Å²) < 4.78 is 10.5. The number of hydrogen-bond acceptors (Lipinski definition) is 5. The fourth-order valence-electron chi connectivity index (χ4n) is 3.02. The Kier molecular flexibility index (Phi) is 6.26. The lowest BCUT2D eigenvalue weighted by Gasteiger charge is -2.36. The van der Waals surface area contributed by atoms with E-state index in [-0.39, 0.29) is 0 Å². The second kappa shape index (κ2) is 8.85. The van der Waals surface area contributed by atoms with Crippen LogP contribution in [0.1, 0.15) is 17.7 Å². The van der Waals surface area contributed by atoms with Gasteiger partial charge in [-0.05, 0) is 25.5 Å². The predicted octanol–water partition coefficient (Wildman–Crippen LogP) is 2.75. The Morgan fingerprint density at radius 3 is 2.54 bits per heavy atom. The molecule has 0 bridgehead atoms. The summed E-state index contributed by atoms with van der Waals surface area (Å²) in [5.41, 5.74) is 3.62. The van der Waals surface area contributed by atoms with Crippen LogP contribution < -0.4 is 4.90 Å². The molecule has 1 aromatic heterocycles. The maximum Gasteiger partial charge on any atom is 0.124 e. The Labute approximate surface area is 144 Å². The lowest BCUT2D eigenvalue weighted by Crippen LogP contribution is -2.46. The first kappa shape index (κ1) is 17.0. The molecule has 0 saturated carbocycles. The van der Waals surface area contributed by atoms with Crippen molar-refractivity contribution in [3.63, 3.8) is 0 Å². The zero-order valence-corrected chi connectivity index (χ0v) is 14.5. The van der Waals surface area contributed by atoms with E-state index in [2.05, 4.69) is 46.1 Å². The molecule has 5 nitrogen and oxygen atoms in total. The summed E-state index contributed by atoms with van der Waals surface area (Å²) in [7, 11) is 0. The van der Waals surface area contributed by atoms with Crippen LogP contribution in [0.4, 0.5) is 5.69 Å². The van der Waals surface area contributed by atoms with Crippen LogP contribution in [0, 0.1) is 6.92 Å². The van der Waals surface area contributed by atoms with E-state index in [0.29, 0.717) is 6.61 Å². The van der Waals surface area contributed by atoms with Gasteiger partial charge in [0.25, 0.3) is 0 Å². The standard InChI is InChI=1S/C19H27N3O2/c1-17-3-5-19(6-4-17)22-12-10-21(11-13-22)9-2-14-23-15-7-18-8-16-24-20-18/h3-6,8,16H,2,7,9-15H2,1H3. The highest BCUT2D eigenvalue weighted by atomic mass is 16.5. The summed E-state index contributed by atoms with van der Waals surface area (Å²) in [5.74, 6) is 0. The predicted molar refractivity (Wildman–Crippen MR) is 95.5 cm³/mol. The molecule has 0 amide bonds. The smallest absolute Gasteiger partial charge is 0.124 e. The SMILES string of the molecule is Cc1ccc(N2CCN(CCCOCCc3ccon3)CC2)cc1. The van der Waals surface area contributed by atoms with E-state index in [0.717, 1.165) is 57.9 Å². The van der Waals surface area contributed by atoms with E-state index in [4.69, 9.17) is 9.26 Å². The highest BCUT2D eigenvalue weighted by molar-refractivity contribution is 5.47. The van der Waals surface area contributed by atoms with Gasteiger partial charge in [0.05, 0.1) is 12.3 Å². The molecule has 0 radical (unpaired) electrons. The zero-order chi connectivity index (χ0) is 16.6. The van der Waals surface area contributed by atoms with Crippen LogP contribution in [0.2, 0.25) is 0 Å². The molecule has 0 N–H and O–H groups in total. The third-order valence-electron chi connectivity index (χ3n) is 4.53. The first-order chi connectivity index (χ1) is 11.8. The van der Waals surface area contributed by atoms with Gasteiger partial charge in [-0.3, -0.25) is 4.90 Å². The van der Waals surface area contributed by atoms with Gasteiger partial charge in [0.15, 0.2) is 0 Å². The third-order valence-corrected chi connectivity index (χ3v) is 4.53. The van der Waals surface area contributed by atoms with Crippen molar-refractivity contribution in [3.8, 4) is 0 Å². The van der Waals surface area contributed by atoms with E-state index in [9.17, 15) is 0 Å². The molecule has 1 saturated heterocycles. The maximum absolute atomic E-state index is 5.68. The van der Waals surface area contributed by atoms with E-state index in [1.807, 2.05) is 6.07 Å². The Morgan fingerprint density at radius 1 is 1.04 bits per heavy atom. The fourth-order valence-corrected chi connectivity index (χ4v) is 3.02. The van der Waals surface area contributed by atoms with Gasteiger partial charge in [0.1, 0.15) is 6.26 Å². The Morgan fingerprint density at radius 2 is 1.83 bits per heavy atom. The molecule has 0 spiro atoms. The van der Waals surface area contributed by atoms with Gasteiger partial charge in [-0.15, -0.1) is 0 Å². The van der Waals surface area contributed by atoms with Gasteiger partial charge in [0.2, 0.25) is 0 Å². The monoisotopic (exact) mass is 329 g/mol. The van der Waals surface area contributed by atoms with Crippen molar-refractivity contribution in [1.82, 2.24) is 10.1 Å². The summed E-state index contributed by atoms with van der Waals surface area (Å²) in [6.45, 7) is 9.26. The molecule has 2 heterocycles. The molecule has 0 atom stereocenters. The molecule has 1 fully saturated rings. The van der Waals surface area contributed by atoms with Crippen LogP contribution in [0.25, 0.3) is 0 Å². The van der Waals surface area contributed by atoms with Gasteiger partial charge < -0.3 is 14.2 Å². The second-order valence-corrected chi connectivity index (χ2v) is 6.37. The highest BCUT2D eigenvalue weighted by Crippen LogP contribution is 2.17. The fraction of sp³-hybridized carbons (Fsp3) is 0.526. The number of anilines is 1. The number of ether oxygens (including phenoxy) is 1. The van der Waals surface area contributed by atoms with Crippen molar-refractivity contribution in [2.75, 3.05) is 50.8 Å². The van der Waals surface area contributed by atoms with Gasteiger partial charge in [-0.25, -0.2) is 0 Å². The van der Waals surface area contributed by atoms with Crippen LogP contribution in [0.3, 0.4) is 0 Å². The first-order valence-corrected chi connectivity index (χ1v) is 8.82. The molecule has 1 aliphatic rings. The average Bonchev–Trinajstić information content (AvgIpc) is 3.13. The summed E-state index contributed by atoms with van der Waals surface area (Å²) >= 11 is 0. The van der Waals surface area contributed by atoms with Crippen LogP contribution in [0.5, 0.6) is 0 Å². The second-order valence-electron chi connectivity index (χ2n) is 6.37. The van der Waals surface area contributed by atoms with Crippen LogP contribution in [-0.2, 0) is 11.2 Å². The van der Waals surface area contributed by atoms with Crippen molar-refractivity contribution < 1.29 is 9.26 Å². The average molecular weight is 329 g/mol. The van der Waals surface area contributed by atoms with Crippen molar-refractivity contribution in [2.45, 2.75) is 19.8 Å². The van der Waals surface area contributed by atoms with E-state index < -0.39 is 0 Å². The van der Waals surface area contributed by atoms with Crippen molar-refractivity contribution in [3.05, 3.63) is 47.9 Å². The molecule has 24 heavy (non-hydrogen) atoms. The highest BCUT2D eigenvalue weighted by Gasteiger charge is 2.16. The summed E-state index contributed by atoms with van der Waals surface area (Å²) in [5, 5.41) is 3.88. The largest absolute Gasteiger partial charge is 0.381 e.